The molecule has 0 radical (unpaired) electrons. The molecular formula is C6H9F2NO2. The topological polar surface area (TPSA) is 63.3 Å². The molecule has 0 amide bonds. The number of hydrogen-bond acceptors (Lipinski definition) is 2. The Labute approximate surface area is 62.2 Å². The average molecular weight is 165 g/mol. The number of nitrogens with two attached hydrogens (primary N) is 1. The second kappa shape index (κ2) is 2.41. The van der Waals surface area contributed by atoms with E-state index >= 15 is 0 Å². The van der Waals surface area contributed by atoms with E-state index < -0.39 is 23.9 Å². The van der Waals surface area contributed by atoms with Crippen molar-refractivity contribution in [3.63, 3.8) is 0 Å². The van der Waals surface area contributed by atoms with Gasteiger partial charge in [-0.15, -0.1) is 0 Å². The zero-order valence-electron chi connectivity index (χ0n) is 5.76. The Kier molecular flexibility index (Phi) is 1.83. The van der Waals surface area contributed by atoms with E-state index in [1.54, 1.807) is 0 Å². The quantitative estimate of drug-likeness (QED) is 0.637. The van der Waals surface area contributed by atoms with Gasteiger partial charge in [0.25, 0.3) is 5.92 Å². The van der Waals surface area contributed by atoms with Crippen molar-refractivity contribution in [1.29, 1.82) is 0 Å². The molecule has 3 N–H and O–H groups in total. The number of halogens is 2. The molecule has 0 aromatic rings. The van der Waals surface area contributed by atoms with E-state index in [-0.39, 0.29) is 12.8 Å². The maximum atomic E-state index is 12.2. The molecule has 0 aliphatic heterocycles. The predicted octanol–water partition coefficient (Wildman–Crippen LogP) is 0.444. The van der Waals surface area contributed by atoms with Crippen LogP contribution in [0.1, 0.15) is 12.8 Å². The van der Waals surface area contributed by atoms with Crippen molar-refractivity contribution in [2.45, 2.75) is 24.8 Å². The molecule has 1 saturated carbocycles. The fourth-order valence-corrected chi connectivity index (χ4v) is 0.933. The van der Waals surface area contributed by atoms with Crippen LogP contribution >= 0.6 is 0 Å². The van der Waals surface area contributed by atoms with Crippen LogP contribution in [0.2, 0.25) is 0 Å². The predicted molar refractivity (Wildman–Crippen MR) is 33.3 cm³/mol. The summed E-state index contributed by atoms with van der Waals surface area (Å²) in [5, 5.41) is 8.26. The zero-order valence-corrected chi connectivity index (χ0v) is 5.76. The van der Waals surface area contributed by atoms with Crippen molar-refractivity contribution in [2.75, 3.05) is 0 Å². The monoisotopic (exact) mass is 165 g/mol. The van der Waals surface area contributed by atoms with E-state index in [0.717, 1.165) is 0 Å². The summed E-state index contributed by atoms with van der Waals surface area (Å²) in [5.74, 6) is -4.69. The highest BCUT2D eigenvalue weighted by atomic mass is 19.3. The fourth-order valence-electron chi connectivity index (χ4n) is 0.933. The van der Waals surface area contributed by atoms with Gasteiger partial charge in [0, 0.05) is 12.3 Å². The van der Waals surface area contributed by atoms with Crippen LogP contribution in [-0.2, 0) is 4.79 Å². The number of alkyl halides is 2. The smallest absolute Gasteiger partial charge is 0.320 e. The zero-order chi connectivity index (χ0) is 8.65. The average Bonchev–Trinajstić information content (AvgIpc) is 2.39. The molecule has 0 aromatic carbocycles. The summed E-state index contributed by atoms with van der Waals surface area (Å²) >= 11 is 0. The fraction of sp³-hybridized carbons (Fsp3) is 0.833. The maximum Gasteiger partial charge on any atom is 0.320 e. The van der Waals surface area contributed by atoms with Gasteiger partial charge in [-0.05, 0) is 6.42 Å². The molecule has 2 atom stereocenters. The van der Waals surface area contributed by atoms with Crippen molar-refractivity contribution in [1.82, 2.24) is 0 Å². The number of carboxylic acids is 1. The lowest BCUT2D eigenvalue weighted by atomic mass is 10.1. The van der Waals surface area contributed by atoms with E-state index in [4.69, 9.17) is 10.8 Å². The first kappa shape index (κ1) is 8.39. The summed E-state index contributed by atoms with van der Waals surface area (Å²) in [6.07, 6.45) is -0.337. The minimum Gasteiger partial charge on any atom is -0.480 e. The highest BCUT2D eigenvalue weighted by Crippen LogP contribution is 2.50. The second-order valence-electron chi connectivity index (χ2n) is 2.84. The Morgan fingerprint density at radius 1 is 1.82 bits per heavy atom. The molecule has 0 heterocycles. The van der Waals surface area contributed by atoms with E-state index in [9.17, 15) is 13.6 Å². The van der Waals surface area contributed by atoms with Crippen LogP contribution in [0.3, 0.4) is 0 Å². The third kappa shape index (κ3) is 1.86. The normalized spacial score (nSPS) is 29.5. The van der Waals surface area contributed by atoms with E-state index in [2.05, 4.69) is 0 Å². The van der Waals surface area contributed by atoms with Gasteiger partial charge in [0.15, 0.2) is 0 Å². The van der Waals surface area contributed by atoms with Crippen LogP contribution < -0.4 is 5.73 Å². The molecule has 3 nitrogen and oxygen atoms in total. The molecule has 0 aromatic heterocycles. The SMILES string of the molecule is N[C@H](CC1CC1(F)F)C(=O)O. The number of carbonyl (C=O) groups is 1. The second-order valence-corrected chi connectivity index (χ2v) is 2.84. The maximum absolute atomic E-state index is 12.2. The first-order chi connectivity index (χ1) is 4.93. The minimum atomic E-state index is -2.66. The molecule has 1 aliphatic rings. The Bertz CT molecular complexity index is 183. The summed E-state index contributed by atoms with van der Waals surface area (Å²) in [6, 6.07) is -1.15. The first-order valence-corrected chi connectivity index (χ1v) is 3.29. The van der Waals surface area contributed by atoms with Gasteiger partial charge in [-0.3, -0.25) is 4.79 Å². The Hall–Kier alpha value is -0.710. The van der Waals surface area contributed by atoms with Crippen molar-refractivity contribution in [2.24, 2.45) is 11.7 Å². The van der Waals surface area contributed by atoms with Gasteiger partial charge in [0.1, 0.15) is 6.04 Å². The van der Waals surface area contributed by atoms with Gasteiger partial charge >= 0.3 is 5.97 Å². The third-order valence-corrected chi connectivity index (χ3v) is 1.81. The highest BCUT2D eigenvalue weighted by Gasteiger charge is 2.57. The molecule has 64 valence electrons. The lowest BCUT2D eigenvalue weighted by Crippen LogP contribution is -2.31. The standard InChI is InChI=1S/C6H9F2NO2/c7-6(8)2-3(6)1-4(9)5(10)11/h3-4H,1-2,9H2,(H,10,11)/t3?,4-/m1/s1. The van der Waals surface area contributed by atoms with Crippen LogP contribution in [0.4, 0.5) is 8.78 Å². The first-order valence-electron chi connectivity index (χ1n) is 3.29. The van der Waals surface area contributed by atoms with Crippen molar-refractivity contribution >= 4 is 5.97 Å². The van der Waals surface area contributed by atoms with Crippen LogP contribution in [-0.4, -0.2) is 23.0 Å². The molecule has 0 saturated heterocycles. The van der Waals surface area contributed by atoms with Crippen molar-refractivity contribution < 1.29 is 18.7 Å². The van der Waals surface area contributed by atoms with Crippen LogP contribution in [0.5, 0.6) is 0 Å². The Morgan fingerprint density at radius 3 is 2.55 bits per heavy atom. The molecule has 1 aliphatic carbocycles. The van der Waals surface area contributed by atoms with Crippen molar-refractivity contribution in [3.05, 3.63) is 0 Å². The van der Waals surface area contributed by atoms with Crippen LogP contribution in [0, 0.1) is 5.92 Å². The summed E-state index contributed by atoms with van der Waals surface area (Å²) in [7, 11) is 0. The summed E-state index contributed by atoms with van der Waals surface area (Å²) in [4.78, 5) is 10.1. The van der Waals surface area contributed by atoms with Crippen LogP contribution in [0.25, 0.3) is 0 Å². The Morgan fingerprint density at radius 2 is 2.27 bits per heavy atom. The van der Waals surface area contributed by atoms with Gasteiger partial charge in [0.05, 0.1) is 0 Å². The van der Waals surface area contributed by atoms with Crippen molar-refractivity contribution in [3.8, 4) is 0 Å². The largest absolute Gasteiger partial charge is 0.480 e. The third-order valence-electron chi connectivity index (χ3n) is 1.81. The van der Waals surface area contributed by atoms with Gasteiger partial charge in [-0.25, -0.2) is 8.78 Å². The van der Waals surface area contributed by atoms with E-state index in [1.807, 2.05) is 0 Å². The number of rotatable bonds is 3. The lowest BCUT2D eigenvalue weighted by molar-refractivity contribution is -0.138. The Balaban J connectivity index is 2.29. The van der Waals surface area contributed by atoms with Gasteiger partial charge in [-0.2, -0.15) is 0 Å². The molecule has 1 unspecified atom stereocenters. The molecular weight excluding hydrogens is 156 g/mol. The summed E-state index contributed by atoms with van der Waals surface area (Å²) < 4.78 is 24.3. The molecule has 11 heavy (non-hydrogen) atoms. The lowest BCUT2D eigenvalue weighted by Gasteiger charge is -2.03. The van der Waals surface area contributed by atoms with E-state index in [0.29, 0.717) is 0 Å². The number of hydrogen-bond donors (Lipinski definition) is 2. The number of carboxylic acid groups (broad SMARTS) is 1. The molecule has 0 spiro atoms. The molecule has 5 heteroatoms. The summed E-state index contributed by atoms with van der Waals surface area (Å²) in [5.41, 5.74) is 5.05. The molecule has 1 fully saturated rings. The van der Waals surface area contributed by atoms with Gasteiger partial charge in [0.2, 0.25) is 0 Å². The number of aliphatic carboxylic acids is 1. The molecule has 0 bridgehead atoms. The van der Waals surface area contributed by atoms with Crippen LogP contribution in [0.15, 0.2) is 0 Å². The van der Waals surface area contributed by atoms with E-state index in [1.165, 1.54) is 0 Å². The highest BCUT2D eigenvalue weighted by molar-refractivity contribution is 5.73. The van der Waals surface area contributed by atoms with Gasteiger partial charge < -0.3 is 10.8 Å². The molecule has 1 rings (SSSR count). The minimum absolute atomic E-state index is 0.123. The summed E-state index contributed by atoms with van der Waals surface area (Å²) in [6.45, 7) is 0. The van der Waals surface area contributed by atoms with Gasteiger partial charge in [-0.1, -0.05) is 0 Å².